The van der Waals surface area contributed by atoms with Crippen LogP contribution in [0.15, 0.2) is 9.33 Å². The van der Waals surface area contributed by atoms with Crippen LogP contribution in [0.1, 0.15) is 5.69 Å². The maximum Gasteiger partial charge on any atom is 0.212 e. The number of piperazine rings is 1. The molecule has 1 fully saturated rings. The number of hydrazine groups is 1. The summed E-state index contributed by atoms with van der Waals surface area (Å²) in [6, 6.07) is 0. The van der Waals surface area contributed by atoms with Gasteiger partial charge >= 0.3 is 0 Å². The highest BCUT2D eigenvalue weighted by Gasteiger charge is 2.26. The average molecular weight is 284 g/mol. The van der Waals surface area contributed by atoms with Crippen molar-refractivity contribution >= 4 is 34.1 Å². The van der Waals surface area contributed by atoms with E-state index in [4.69, 9.17) is 5.73 Å². The number of nitrogens with two attached hydrogens (primary N) is 1. The van der Waals surface area contributed by atoms with Crippen LogP contribution in [-0.2, 0) is 6.54 Å². The van der Waals surface area contributed by atoms with E-state index in [1.165, 1.54) is 0 Å². The number of rotatable bonds is 2. The number of aromatic nitrogens is 1. The van der Waals surface area contributed by atoms with Crippen LogP contribution >= 0.6 is 23.1 Å². The first-order valence-electron chi connectivity index (χ1n) is 5.89. The largest absolute Gasteiger partial charge is 0.368 e. The minimum absolute atomic E-state index is 0.584. The van der Waals surface area contributed by atoms with Gasteiger partial charge in [-0.25, -0.2) is 15.0 Å². The molecule has 6 nitrogen and oxygen atoms in total. The molecule has 3 heterocycles. The summed E-state index contributed by atoms with van der Waals surface area (Å²) >= 11 is 3.27. The Kier molecular flexibility index (Phi) is 3.42. The Morgan fingerprint density at radius 2 is 2.17 bits per heavy atom. The minimum atomic E-state index is 0.584. The summed E-state index contributed by atoms with van der Waals surface area (Å²) in [5.74, 6) is 0.584. The van der Waals surface area contributed by atoms with Crippen molar-refractivity contribution in [3.63, 3.8) is 0 Å². The van der Waals surface area contributed by atoms with Crippen molar-refractivity contribution in [3.05, 3.63) is 5.69 Å². The molecule has 0 amide bonds. The van der Waals surface area contributed by atoms with E-state index in [1.54, 1.807) is 23.1 Å². The van der Waals surface area contributed by atoms with Crippen LogP contribution in [0, 0.1) is 0 Å². The second-order valence-electron chi connectivity index (χ2n) is 4.17. The topological polar surface area (TPSA) is 69.8 Å². The molecule has 0 aromatic carbocycles. The molecule has 18 heavy (non-hydrogen) atoms. The molecule has 0 atom stereocenters. The summed E-state index contributed by atoms with van der Waals surface area (Å²) in [4.78, 5) is 9.06. The quantitative estimate of drug-likeness (QED) is 0.768. The van der Waals surface area contributed by atoms with E-state index in [0.717, 1.165) is 47.8 Å². The van der Waals surface area contributed by atoms with Crippen molar-refractivity contribution in [2.75, 3.05) is 32.4 Å². The third-order valence-electron chi connectivity index (χ3n) is 3.05. The average Bonchev–Trinajstić information content (AvgIpc) is 2.80. The smallest absolute Gasteiger partial charge is 0.212 e. The molecule has 3 N–H and O–H groups in total. The Labute approximate surface area is 114 Å². The van der Waals surface area contributed by atoms with Crippen LogP contribution in [0.25, 0.3) is 0 Å². The molecular formula is C10H16N6S2. The van der Waals surface area contributed by atoms with Crippen LogP contribution in [0.3, 0.4) is 0 Å². The van der Waals surface area contributed by atoms with Gasteiger partial charge in [0.2, 0.25) is 5.96 Å². The molecule has 1 aromatic heterocycles. The highest BCUT2D eigenvalue weighted by atomic mass is 32.2. The molecule has 0 saturated carbocycles. The molecule has 98 valence electrons. The number of guanidine groups is 1. The van der Waals surface area contributed by atoms with Crippen LogP contribution in [0.4, 0.5) is 5.00 Å². The fourth-order valence-electron chi connectivity index (χ4n) is 2.12. The van der Waals surface area contributed by atoms with Gasteiger partial charge in [0.25, 0.3) is 0 Å². The summed E-state index contributed by atoms with van der Waals surface area (Å²) in [7, 11) is 0. The van der Waals surface area contributed by atoms with E-state index < -0.39 is 0 Å². The first-order chi connectivity index (χ1) is 8.78. The SMILES string of the molecule is CSc1nc2c(s1)N=C(N)N(N1CCNCC1)C2. The molecule has 3 rings (SSSR count). The number of fused-ring (bicyclic) bond motifs is 1. The molecule has 1 saturated heterocycles. The molecule has 0 bridgehead atoms. The van der Waals surface area contributed by atoms with Gasteiger partial charge in [0, 0.05) is 26.2 Å². The number of thiazole rings is 1. The molecule has 0 spiro atoms. The van der Waals surface area contributed by atoms with E-state index in [-0.39, 0.29) is 0 Å². The molecule has 2 aliphatic heterocycles. The molecule has 8 heteroatoms. The zero-order valence-electron chi connectivity index (χ0n) is 10.2. The van der Waals surface area contributed by atoms with E-state index in [2.05, 4.69) is 20.3 Å². The predicted molar refractivity (Wildman–Crippen MR) is 75.2 cm³/mol. The number of aliphatic imine (C=N–C) groups is 1. The first kappa shape index (κ1) is 12.2. The van der Waals surface area contributed by atoms with Crippen LogP contribution in [0.5, 0.6) is 0 Å². The van der Waals surface area contributed by atoms with Crippen molar-refractivity contribution in [3.8, 4) is 0 Å². The Morgan fingerprint density at radius 3 is 2.89 bits per heavy atom. The molecule has 0 radical (unpaired) electrons. The van der Waals surface area contributed by atoms with Gasteiger partial charge < -0.3 is 11.1 Å². The monoisotopic (exact) mass is 284 g/mol. The molecule has 0 aliphatic carbocycles. The highest BCUT2D eigenvalue weighted by molar-refractivity contribution is 8.00. The first-order valence-corrected chi connectivity index (χ1v) is 7.93. The lowest BCUT2D eigenvalue weighted by Gasteiger charge is -2.39. The fraction of sp³-hybridized carbons (Fsp3) is 0.600. The zero-order chi connectivity index (χ0) is 12.5. The number of nitrogens with one attached hydrogen (secondary N) is 1. The summed E-state index contributed by atoms with van der Waals surface area (Å²) in [5, 5.41) is 8.59. The van der Waals surface area contributed by atoms with E-state index in [0.29, 0.717) is 5.96 Å². The van der Waals surface area contributed by atoms with Gasteiger partial charge in [-0.15, -0.1) is 0 Å². The van der Waals surface area contributed by atoms with Gasteiger partial charge in [0.1, 0.15) is 5.00 Å². The number of hydrogen-bond acceptors (Lipinski definition) is 8. The summed E-state index contributed by atoms with van der Waals surface area (Å²) in [6.07, 6.45) is 2.03. The molecule has 2 aliphatic rings. The third kappa shape index (κ3) is 2.20. The van der Waals surface area contributed by atoms with Crippen molar-refractivity contribution < 1.29 is 0 Å². The molecular weight excluding hydrogens is 268 g/mol. The van der Waals surface area contributed by atoms with Crippen molar-refractivity contribution in [1.29, 1.82) is 0 Å². The Morgan fingerprint density at radius 1 is 1.39 bits per heavy atom. The normalized spacial score (nSPS) is 20.7. The van der Waals surface area contributed by atoms with E-state index in [1.807, 2.05) is 11.3 Å². The van der Waals surface area contributed by atoms with Crippen molar-refractivity contribution in [2.45, 2.75) is 10.9 Å². The van der Waals surface area contributed by atoms with Gasteiger partial charge in [-0.05, 0) is 6.26 Å². The second kappa shape index (κ2) is 5.04. The van der Waals surface area contributed by atoms with Crippen LogP contribution < -0.4 is 11.1 Å². The lowest BCUT2D eigenvalue weighted by molar-refractivity contribution is 0.0219. The maximum atomic E-state index is 6.06. The Hall–Kier alpha value is -0.830. The summed E-state index contributed by atoms with van der Waals surface area (Å²) in [5.41, 5.74) is 7.10. The summed E-state index contributed by atoms with van der Waals surface area (Å²) in [6.45, 7) is 4.64. The minimum Gasteiger partial charge on any atom is -0.368 e. The van der Waals surface area contributed by atoms with Gasteiger partial charge in [0.05, 0.1) is 12.2 Å². The standard InChI is InChI=1S/C10H16N6S2/c1-17-10-13-7-6-16(9(11)14-8(7)18-10)15-4-2-12-3-5-15/h12H,2-6H2,1H3,(H2,11,14). The number of hydrogen-bond donors (Lipinski definition) is 2. The summed E-state index contributed by atoms with van der Waals surface area (Å²) < 4.78 is 1.05. The zero-order valence-corrected chi connectivity index (χ0v) is 11.9. The maximum absolute atomic E-state index is 6.06. The fourth-order valence-corrected chi connectivity index (χ4v) is 3.58. The van der Waals surface area contributed by atoms with Gasteiger partial charge in [-0.3, -0.25) is 5.01 Å². The van der Waals surface area contributed by atoms with Gasteiger partial charge in [-0.1, -0.05) is 23.1 Å². The molecule has 0 unspecified atom stereocenters. The van der Waals surface area contributed by atoms with Crippen LogP contribution in [-0.4, -0.2) is 53.4 Å². The van der Waals surface area contributed by atoms with E-state index >= 15 is 0 Å². The number of nitrogens with zero attached hydrogens (tertiary/aromatic N) is 4. The second-order valence-corrected chi connectivity index (χ2v) is 6.20. The molecule has 1 aromatic rings. The highest BCUT2D eigenvalue weighted by Crippen LogP contribution is 2.35. The van der Waals surface area contributed by atoms with Crippen molar-refractivity contribution in [1.82, 2.24) is 20.3 Å². The van der Waals surface area contributed by atoms with Gasteiger partial charge in [-0.2, -0.15) is 0 Å². The lowest BCUT2D eigenvalue weighted by atomic mass is 10.3. The van der Waals surface area contributed by atoms with Gasteiger partial charge in [0.15, 0.2) is 4.34 Å². The lowest BCUT2D eigenvalue weighted by Crippen LogP contribution is -2.56. The third-order valence-corrected chi connectivity index (χ3v) is 5.02. The van der Waals surface area contributed by atoms with Crippen molar-refractivity contribution in [2.24, 2.45) is 10.7 Å². The van der Waals surface area contributed by atoms with Crippen LogP contribution in [0.2, 0.25) is 0 Å². The Balaban J connectivity index is 1.82. The number of thioether (sulfide) groups is 1. The predicted octanol–water partition coefficient (Wildman–Crippen LogP) is 0.447. The van der Waals surface area contributed by atoms with E-state index in [9.17, 15) is 0 Å². The Bertz CT molecular complexity index is 465.